The van der Waals surface area contributed by atoms with Gasteiger partial charge in [0.15, 0.2) is 22.3 Å². The number of methoxy groups -OCH3 is 1. The molecule has 9 nitrogen and oxygen atoms in total. The highest BCUT2D eigenvalue weighted by Gasteiger charge is 2.40. The standard InChI is InChI=1S/C24H21F3N6O3S/c1-14(2)36-20-15(5-4-6-17(20)35-3)7-8-16-19(33-11-12-37-23(33)28-16)21(34)31-9-10-32-18(13-31)29-30-22(32)24(25,26)27/h4-8,11-12H,1,9-10,13H2,2-3H3/b8-7+. The number of hydrogen-bond acceptors (Lipinski definition) is 7. The van der Waals surface area contributed by atoms with Gasteiger partial charge in [-0.1, -0.05) is 18.7 Å². The average Bonchev–Trinajstić information content (AvgIpc) is 3.56. The van der Waals surface area contributed by atoms with Gasteiger partial charge in [-0.05, 0) is 25.1 Å². The number of allylic oxidation sites excluding steroid dienone is 1. The first-order valence-electron chi connectivity index (χ1n) is 11.1. The van der Waals surface area contributed by atoms with Crippen LogP contribution in [0.2, 0.25) is 0 Å². The number of rotatable bonds is 6. The number of aromatic nitrogens is 5. The highest BCUT2D eigenvalue weighted by atomic mass is 32.1. The van der Waals surface area contributed by atoms with E-state index in [1.807, 2.05) is 6.07 Å². The molecule has 0 aliphatic carbocycles. The number of imidazole rings is 1. The van der Waals surface area contributed by atoms with Crippen LogP contribution in [0.5, 0.6) is 11.5 Å². The molecular weight excluding hydrogens is 509 g/mol. The Balaban J connectivity index is 1.48. The Morgan fingerprint density at radius 3 is 2.76 bits per heavy atom. The van der Waals surface area contributed by atoms with Crippen molar-refractivity contribution in [1.82, 2.24) is 29.0 Å². The summed E-state index contributed by atoms with van der Waals surface area (Å²) in [4.78, 5) is 20.3. The van der Waals surface area contributed by atoms with Gasteiger partial charge in [-0.2, -0.15) is 13.2 Å². The van der Waals surface area contributed by atoms with Crippen molar-refractivity contribution < 1.29 is 27.4 Å². The van der Waals surface area contributed by atoms with Crippen LogP contribution in [0.4, 0.5) is 13.2 Å². The van der Waals surface area contributed by atoms with E-state index in [0.717, 1.165) is 4.57 Å². The molecule has 5 rings (SSSR count). The molecule has 4 heterocycles. The Kier molecular flexibility index (Phi) is 6.23. The monoisotopic (exact) mass is 530 g/mol. The van der Waals surface area contributed by atoms with Gasteiger partial charge in [0, 0.05) is 30.2 Å². The van der Waals surface area contributed by atoms with Crippen molar-refractivity contribution in [3.63, 3.8) is 0 Å². The van der Waals surface area contributed by atoms with Crippen LogP contribution in [0.1, 0.15) is 40.3 Å². The number of nitrogens with zero attached hydrogens (tertiary/aromatic N) is 6. The molecule has 1 amide bonds. The second kappa shape index (κ2) is 9.39. The van der Waals surface area contributed by atoms with E-state index in [4.69, 9.17) is 9.47 Å². The fourth-order valence-corrected chi connectivity index (χ4v) is 4.82. The normalized spacial score (nSPS) is 13.8. The highest BCUT2D eigenvalue weighted by Crippen LogP contribution is 2.34. The lowest BCUT2D eigenvalue weighted by Gasteiger charge is -2.28. The number of ether oxygens (including phenoxy) is 2. The number of amides is 1. The summed E-state index contributed by atoms with van der Waals surface area (Å²) in [6, 6.07) is 5.39. The molecule has 0 radical (unpaired) electrons. The zero-order valence-electron chi connectivity index (χ0n) is 19.8. The number of halogens is 3. The first-order chi connectivity index (χ1) is 17.7. The van der Waals surface area contributed by atoms with Crippen LogP contribution in [0.3, 0.4) is 0 Å². The molecule has 0 N–H and O–H groups in total. The lowest BCUT2D eigenvalue weighted by molar-refractivity contribution is -0.147. The molecule has 13 heteroatoms. The molecule has 3 aromatic heterocycles. The summed E-state index contributed by atoms with van der Waals surface area (Å²) < 4.78 is 53.5. The molecule has 37 heavy (non-hydrogen) atoms. The average molecular weight is 531 g/mol. The second-order valence-electron chi connectivity index (χ2n) is 8.23. The van der Waals surface area contributed by atoms with E-state index >= 15 is 0 Å². The number of para-hydroxylation sites is 1. The number of carbonyl (C=O) groups excluding carboxylic acids is 1. The molecule has 0 unspecified atom stereocenters. The highest BCUT2D eigenvalue weighted by molar-refractivity contribution is 7.15. The topological polar surface area (TPSA) is 86.8 Å². The van der Waals surface area contributed by atoms with Crippen LogP contribution in [0, 0.1) is 0 Å². The quantitative estimate of drug-likeness (QED) is 0.335. The van der Waals surface area contributed by atoms with Crippen LogP contribution in [0.15, 0.2) is 42.1 Å². The number of thiazole rings is 1. The van der Waals surface area contributed by atoms with E-state index in [1.54, 1.807) is 47.2 Å². The number of carbonyl (C=O) groups is 1. The lowest BCUT2D eigenvalue weighted by Crippen LogP contribution is -2.40. The lowest BCUT2D eigenvalue weighted by atomic mass is 10.1. The van der Waals surface area contributed by atoms with E-state index in [0.29, 0.717) is 39.2 Å². The molecule has 0 spiro atoms. The van der Waals surface area contributed by atoms with Gasteiger partial charge in [0.2, 0.25) is 5.82 Å². The minimum Gasteiger partial charge on any atom is -0.493 e. The fourth-order valence-electron chi connectivity index (χ4n) is 4.10. The Hall–Kier alpha value is -4.13. The van der Waals surface area contributed by atoms with Crippen LogP contribution in [-0.2, 0) is 19.3 Å². The molecule has 192 valence electrons. The van der Waals surface area contributed by atoms with Crippen LogP contribution < -0.4 is 9.47 Å². The van der Waals surface area contributed by atoms with Crippen LogP contribution in [0.25, 0.3) is 17.1 Å². The zero-order valence-corrected chi connectivity index (χ0v) is 20.6. The third kappa shape index (κ3) is 4.57. The molecule has 1 aromatic carbocycles. The summed E-state index contributed by atoms with van der Waals surface area (Å²) in [5.74, 6) is 0.102. The van der Waals surface area contributed by atoms with E-state index in [1.165, 1.54) is 23.3 Å². The van der Waals surface area contributed by atoms with Crippen LogP contribution >= 0.6 is 11.3 Å². The predicted molar refractivity (Wildman–Crippen MR) is 130 cm³/mol. The van der Waals surface area contributed by atoms with Crippen LogP contribution in [-0.4, -0.2) is 48.6 Å². The van der Waals surface area contributed by atoms with Crippen molar-refractivity contribution in [2.75, 3.05) is 13.7 Å². The van der Waals surface area contributed by atoms with Gasteiger partial charge in [-0.25, -0.2) is 4.98 Å². The van der Waals surface area contributed by atoms with Gasteiger partial charge in [-0.3, -0.25) is 9.20 Å². The zero-order chi connectivity index (χ0) is 26.3. The van der Waals surface area contributed by atoms with Gasteiger partial charge < -0.3 is 18.9 Å². The van der Waals surface area contributed by atoms with E-state index < -0.39 is 12.0 Å². The third-order valence-corrected chi connectivity index (χ3v) is 6.47. The molecule has 0 bridgehead atoms. The summed E-state index contributed by atoms with van der Waals surface area (Å²) >= 11 is 1.36. The molecule has 4 aromatic rings. The largest absolute Gasteiger partial charge is 0.493 e. The Morgan fingerprint density at radius 1 is 1.22 bits per heavy atom. The number of alkyl halides is 3. The summed E-state index contributed by atoms with van der Waals surface area (Å²) in [5, 5.41) is 8.76. The van der Waals surface area contributed by atoms with Gasteiger partial charge in [0.25, 0.3) is 5.91 Å². The minimum absolute atomic E-state index is 0.0644. The van der Waals surface area contributed by atoms with Gasteiger partial charge >= 0.3 is 6.18 Å². The van der Waals surface area contributed by atoms with E-state index in [-0.39, 0.29) is 31.4 Å². The fraction of sp³-hybridized carbons (Fsp3) is 0.250. The van der Waals surface area contributed by atoms with Crippen molar-refractivity contribution >= 4 is 34.4 Å². The van der Waals surface area contributed by atoms with Crippen molar-refractivity contribution in [1.29, 1.82) is 0 Å². The molecule has 1 aliphatic rings. The molecule has 0 saturated carbocycles. The summed E-state index contributed by atoms with van der Waals surface area (Å²) in [5.41, 5.74) is 1.38. The summed E-state index contributed by atoms with van der Waals surface area (Å²) in [6.07, 6.45) is 0.567. The number of benzene rings is 1. The number of fused-ring (bicyclic) bond motifs is 2. The molecular formula is C24H21F3N6O3S. The Bertz CT molecular complexity index is 1530. The molecule has 0 saturated heterocycles. The number of hydrogen-bond donors (Lipinski definition) is 0. The second-order valence-corrected chi connectivity index (χ2v) is 9.11. The third-order valence-electron chi connectivity index (χ3n) is 5.71. The van der Waals surface area contributed by atoms with Gasteiger partial charge in [0.1, 0.15) is 5.69 Å². The Labute approximate surface area is 213 Å². The van der Waals surface area contributed by atoms with Gasteiger partial charge in [0.05, 0.1) is 25.1 Å². The summed E-state index contributed by atoms with van der Waals surface area (Å²) in [7, 11) is 1.53. The predicted octanol–water partition coefficient (Wildman–Crippen LogP) is 4.75. The van der Waals surface area contributed by atoms with Crippen molar-refractivity contribution in [2.45, 2.75) is 26.2 Å². The van der Waals surface area contributed by atoms with Crippen molar-refractivity contribution in [2.24, 2.45) is 0 Å². The van der Waals surface area contributed by atoms with Gasteiger partial charge in [-0.15, -0.1) is 21.5 Å². The molecule has 0 fully saturated rings. The van der Waals surface area contributed by atoms with Crippen molar-refractivity contribution in [3.05, 3.63) is 70.7 Å². The Morgan fingerprint density at radius 2 is 2.03 bits per heavy atom. The first kappa shape index (κ1) is 24.6. The summed E-state index contributed by atoms with van der Waals surface area (Å²) in [6.45, 7) is 5.41. The maximum absolute atomic E-state index is 13.6. The maximum Gasteiger partial charge on any atom is 0.451 e. The molecule has 1 aliphatic heterocycles. The SMILES string of the molecule is C=C(C)Oc1c(/C=C/c2nc3sccn3c2C(=O)N2CCn3c(nnc3C(F)(F)F)C2)cccc1OC. The minimum atomic E-state index is -4.61. The first-order valence-corrected chi connectivity index (χ1v) is 12.0. The van der Waals surface area contributed by atoms with E-state index in [9.17, 15) is 18.0 Å². The van der Waals surface area contributed by atoms with E-state index in [2.05, 4.69) is 21.8 Å². The van der Waals surface area contributed by atoms with Crippen molar-refractivity contribution in [3.8, 4) is 11.5 Å². The maximum atomic E-state index is 13.6. The molecule has 0 atom stereocenters. The smallest absolute Gasteiger partial charge is 0.451 e.